The molecule has 0 spiro atoms. The minimum Gasteiger partial charge on any atom is -0.493 e. The molecule has 0 radical (unpaired) electrons. The van der Waals surface area contributed by atoms with Gasteiger partial charge in [0, 0.05) is 6.07 Å². The largest absolute Gasteiger partial charge is 0.493 e. The Labute approximate surface area is 62.1 Å². The Kier molecular flexibility index (Phi) is 1.06. The second-order valence-corrected chi connectivity index (χ2v) is 2.31. The van der Waals surface area contributed by atoms with E-state index >= 15 is 0 Å². The van der Waals surface area contributed by atoms with E-state index < -0.39 is 0 Å². The number of hydrogen-bond acceptors (Lipinski definition) is 4. The Morgan fingerprint density at radius 3 is 3.18 bits per heavy atom. The average Bonchev–Trinajstić information content (AvgIpc) is 2.34. The first-order chi connectivity index (χ1) is 5.27. The summed E-state index contributed by atoms with van der Waals surface area (Å²) in [7, 11) is 0. The number of nitrogens with one attached hydrogen (secondary N) is 1. The zero-order valence-corrected chi connectivity index (χ0v) is 5.87. The maximum absolute atomic E-state index is 9.04. The molecule has 0 unspecified atom stereocenters. The van der Waals surface area contributed by atoms with Crippen LogP contribution in [-0.2, 0) is 0 Å². The van der Waals surface area contributed by atoms with Gasteiger partial charge in [-0.1, -0.05) is 5.21 Å². The van der Waals surface area contributed by atoms with Crippen LogP contribution in [0.2, 0.25) is 0 Å². The van der Waals surface area contributed by atoms with Gasteiger partial charge in [0.2, 0.25) is 11.5 Å². The van der Waals surface area contributed by atoms with Gasteiger partial charge in [0.25, 0.3) is 0 Å². The maximum Gasteiger partial charge on any atom is 0.213 e. The Balaban J connectivity index is 2.91. The number of fused-ring (bicyclic) bond motifs is 1. The van der Waals surface area contributed by atoms with Gasteiger partial charge in [-0.2, -0.15) is 4.98 Å². The van der Waals surface area contributed by atoms with Gasteiger partial charge in [-0.15, -0.1) is 5.10 Å². The summed E-state index contributed by atoms with van der Waals surface area (Å²) in [4.78, 5) is 3.75. The van der Waals surface area contributed by atoms with Crippen LogP contribution in [-0.4, -0.2) is 25.5 Å². The molecule has 0 bridgehead atoms. The number of aromatic nitrogens is 4. The molecular weight excluding hydrogens is 144 g/mol. The van der Waals surface area contributed by atoms with Crippen LogP contribution >= 0.6 is 0 Å². The Bertz CT molecular complexity index is 394. The molecule has 0 saturated carbocycles. The monoisotopic (exact) mass is 150 g/mol. The van der Waals surface area contributed by atoms with Crippen LogP contribution in [0.15, 0.2) is 6.07 Å². The van der Waals surface area contributed by atoms with Crippen molar-refractivity contribution in [2.24, 2.45) is 0 Å². The molecule has 0 aromatic carbocycles. The second kappa shape index (κ2) is 1.91. The summed E-state index contributed by atoms with van der Waals surface area (Å²) >= 11 is 0. The van der Waals surface area contributed by atoms with Crippen LogP contribution in [0.4, 0.5) is 0 Å². The van der Waals surface area contributed by atoms with E-state index in [9.17, 15) is 0 Å². The van der Waals surface area contributed by atoms with Crippen LogP contribution in [0.25, 0.3) is 11.2 Å². The van der Waals surface area contributed by atoms with Crippen molar-refractivity contribution >= 4 is 11.2 Å². The van der Waals surface area contributed by atoms with Gasteiger partial charge in [-0.3, -0.25) is 5.10 Å². The molecule has 0 fully saturated rings. The molecule has 0 saturated heterocycles. The van der Waals surface area contributed by atoms with Crippen molar-refractivity contribution in [3.63, 3.8) is 0 Å². The number of aryl methyl sites for hydroxylation is 1. The highest BCUT2D eigenvalue weighted by Gasteiger charge is 2.03. The first-order valence-corrected chi connectivity index (χ1v) is 3.15. The third-order valence-corrected chi connectivity index (χ3v) is 1.49. The van der Waals surface area contributed by atoms with Crippen LogP contribution in [0, 0.1) is 6.92 Å². The van der Waals surface area contributed by atoms with Gasteiger partial charge in [-0.25, -0.2) is 0 Å². The molecule has 2 aromatic heterocycles. The molecule has 2 N–H and O–H groups in total. The number of nitrogens with zero attached hydrogens (tertiary/aromatic N) is 3. The predicted octanol–water partition coefficient (Wildman–Crippen LogP) is 0.367. The lowest BCUT2D eigenvalue weighted by Crippen LogP contribution is -1.81. The van der Waals surface area contributed by atoms with Crippen LogP contribution in [0.5, 0.6) is 5.88 Å². The quantitative estimate of drug-likeness (QED) is 0.568. The summed E-state index contributed by atoms with van der Waals surface area (Å²) in [5.74, 6) is -0.0242. The lowest BCUT2D eigenvalue weighted by molar-refractivity contribution is 0.455. The third kappa shape index (κ3) is 0.813. The molecule has 0 atom stereocenters. The number of rotatable bonds is 0. The molecule has 0 aliphatic rings. The van der Waals surface area contributed by atoms with E-state index in [1.807, 2.05) is 6.92 Å². The number of H-pyrrole nitrogens is 1. The van der Waals surface area contributed by atoms with Gasteiger partial charge in [-0.05, 0) is 12.5 Å². The minimum absolute atomic E-state index is 0.0242. The number of pyridine rings is 1. The summed E-state index contributed by atoms with van der Waals surface area (Å²) in [6.45, 7) is 1.85. The molecule has 11 heavy (non-hydrogen) atoms. The molecular formula is C6H6N4O. The zero-order valence-electron chi connectivity index (χ0n) is 5.87. The predicted molar refractivity (Wildman–Crippen MR) is 38.1 cm³/mol. The summed E-state index contributed by atoms with van der Waals surface area (Å²) in [5.41, 5.74) is 2.10. The highest BCUT2D eigenvalue weighted by molar-refractivity contribution is 5.73. The van der Waals surface area contributed by atoms with E-state index in [2.05, 4.69) is 20.4 Å². The van der Waals surface area contributed by atoms with E-state index in [0.717, 1.165) is 11.1 Å². The van der Waals surface area contributed by atoms with Crippen LogP contribution in [0.1, 0.15) is 5.56 Å². The number of aromatic hydroxyl groups is 1. The maximum atomic E-state index is 9.04. The lowest BCUT2D eigenvalue weighted by atomic mass is 10.3. The van der Waals surface area contributed by atoms with Crippen LogP contribution < -0.4 is 0 Å². The zero-order chi connectivity index (χ0) is 7.84. The fraction of sp³-hybridized carbons (Fsp3) is 0.167. The molecule has 2 aromatic rings. The molecule has 0 aliphatic carbocycles. The van der Waals surface area contributed by atoms with Crippen molar-refractivity contribution in [1.29, 1.82) is 0 Å². The smallest absolute Gasteiger partial charge is 0.213 e. The van der Waals surface area contributed by atoms with E-state index in [1.165, 1.54) is 0 Å². The van der Waals surface area contributed by atoms with Crippen LogP contribution in [0.3, 0.4) is 0 Å². The Morgan fingerprint density at radius 2 is 2.36 bits per heavy atom. The van der Waals surface area contributed by atoms with Crippen molar-refractivity contribution in [2.45, 2.75) is 6.92 Å². The molecule has 5 nitrogen and oxygen atoms in total. The third-order valence-electron chi connectivity index (χ3n) is 1.49. The standard InChI is InChI=1S/C6H6N4O/c1-3-2-4(11)7-6-5(3)8-10-9-6/h2H,1H3,(H2,7,8,9,10,11). The van der Waals surface area contributed by atoms with Gasteiger partial charge in [0.1, 0.15) is 5.52 Å². The van der Waals surface area contributed by atoms with E-state index in [1.54, 1.807) is 6.07 Å². The summed E-state index contributed by atoms with van der Waals surface area (Å²) in [6.07, 6.45) is 0. The topological polar surface area (TPSA) is 74.7 Å². The van der Waals surface area contributed by atoms with Gasteiger partial charge < -0.3 is 5.11 Å². The van der Waals surface area contributed by atoms with Crippen molar-refractivity contribution in [3.8, 4) is 5.88 Å². The van der Waals surface area contributed by atoms with E-state index in [4.69, 9.17) is 5.11 Å². The highest BCUT2D eigenvalue weighted by Crippen LogP contribution is 2.15. The van der Waals surface area contributed by atoms with Crippen molar-refractivity contribution in [3.05, 3.63) is 11.6 Å². The molecule has 5 heteroatoms. The molecule has 56 valence electrons. The number of hydrogen-bond donors (Lipinski definition) is 2. The van der Waals surface area contributed by atoms with Crippen molar-refractivity contribution < 1.29 is 5.11 Å². The van der Waals surface area contributed by atoms with Crippen molar-refractivity contribution in [2.75, 3.05) is 0 Å². The molecule has 2 rings (SSSR count). The second-order valence-electron chi connectivity index (χ2n) is 2.31. The highest BCUT2D eigenvalue weighted by atomic mass is 16.3. The minimum atomic E-state index is -0.0242. The fourth-order valence-corrected chi connectivity index (χ4v) is 0.972. The first kappa shape index (κ1) is 6.09. The van der Waals surface area contributed by atoms with E-state index in [0.29, 0.717) is 5.65 Å². The summed E-state index contributed by atoms with van der Waals surface area (Å²) in [5, 5.41) is 18.9. The Morgan fingerprint density at radius 1 is 1.55 bits per heavy atom. The van der Waals surface area contributed by atoms with Crippen molar-refractivity contribution in [1.82, 2.24) is 20.4 Å². The van der Waals surface area contributed by atoms with E-state index in [-0.39, 0.29) is 5.88 Å². The molecule has 0 amide bonds. The lowest BCUT2D eigenvalue weighted by Gasteiger charge is -1.93. The number of aromatic amines is 1. The molecule has 0 aliphatic heterocycles. The van der Waals surface area contributed by atoms with Gasteiger partial charge >= 0.3 is 0 Å². The summed E-state index contributed by atoms with van der Waals surface area (Å²) < 4.78 is 0. The molecule has 2 heterocycles. The SMILES string of the molecule is Cc1cc(O)nc2nn[nH]c12. The normalized spacial score (nSPS) is 10.6. The Hall–Kier alpha value is -1.65. The average molecular weight is 150 g/mol. The fourth-order valence-electron chi connectivity index (χ4n) is 0.972. The first-order valence-electron chi connectivity index (χ1n) is 3.15. The van der Waals surface area contributed by atoms with Gasteiger partial charge in [0.05, 0.1) is 0 Å². The summed E-state index contributed by atoms with van der Waals surface area (Å²) in [6, 6.07) is 1.56. The van der Waals surface area contributed by atoms with Gasteiger partial charge in [0.15, 0.2) is 0 Å².